The predicted octanol–water partition coefficient (Wildman–Crippen LogP) is -0.460. The first-order valence-electron chi connectivity index (χ1n) is 9.01. The standard InChI is InChI=1S/C17H27ClN6O2S/c1-12-10-23(7-8-24(12)13(2)25)15-9-14(18)20-17(21-15)27-11-16(26)19-5-6-22(3)4/h9,12H,5-8,10-11H2,1-4H3,(H,19,26)/p+1/t12-/m1/s1. The number of piperazine rings is 1. The van der Waals surface area contributed by atoms with E-state index in [0.717, 1.165) is 12.4 Å². The number of rotatable bonds is 7. The van der Waals surface area contributed by atoms with Crippen molar-refractivity contribution in [3.05, 3.63) is 11.2 Å². The first kappa shape index (κ1) is 21.7. The number of likely N-dealkylation sites (N-methyl/N-ethyl adjacent to an activating group) is 1. The number of carbonyl (C=O) groups is 2. The second-order valence-electron chi connectivity index (χ2n) is 6.93. The van der Waals surface area contributed by atoms with Crippen LogP contribution < -0.4 is 15.1 Å². The van der Waals surface area contributed by atoms with Crippen LogP contribution >= 0.6 is 23.4 Å². The van der Waals surface area contributed by atoms with Gasteiger partial charge in [0.2, 0.25) is 11.8 Å². The van der Waals surface area contributed by atoms with Gasteiger partial charge in [-0.3, -0.25) is 9.59 Å². The zero-order chi connectivity index (χ0) is 20.0. The number of carbonyl (C=O) groups excluding carboxylic acids is 2. The van der Waals surface area contributed by atoms with E-state index in [1.807, 2.05) is 25.9 Å². The second kappa shape index (κ2) is 10.1. The molecule has 1 aliphatic rings. The molecule has 2 heterocycles. The van der Waals surface area contributed by atoms with Gasteiger partial charge in [0, 0.05) is 38.7 Å². The molecule has 1 saturated heterocycles. The topological polar surface area (TPSA) is 82.9 Å². The van der Waals surface area contributed by atoms with Crippen molar-refractivity contribution in [2.24, 2.45) is 0 Å². The van der Waals surface area contributed by atoms with Crippen LogP contribution in [0, 0.1) is 0 Å². The van der Waals surface area contributed by atoms with Crippen LogP contribution in [0.5, 0.6) is 0 Å². The molecule has 2 rings (SSSR count). The second-order valence-corrected chi connectivity index (χ2v) is 8.26. The molecule has 0 aromatic carbocycles. The SMILES string of the molecule is CC(=O)N1CCN(c2cc(Cl)nc(SCC(=O)NCC[NH+](C)C)n2)C[C@H]1C. The molecule has 8 nitrogen and oxygen atoms in total. The first-order chi connectivity index (χ1) is 12.8. The molecule has 0 bridgehead atoms. The predicted molar refractivity (Wildman–Crippen MR) is 108 cm³/mol. The van der Waals surface area contributed by atoms with Crippen LogP contribution in [0.15, 0.2) is 11.2 Å². The Balaban J connectivity index is 1.94. The molecule has 0 radical (unpaired) electrons. The Hall–Kier alpha value is -1.58. The summed E-state index contributed by atoms with van der Waals surface area (Å²) in [5.41, 5.74) is 0. The van der Waals surface area contributed by atoms with Crippen molar-refractivity contribution in [1.82, 2.24) is 20.2 Å². The summed E-state index contributed by atoms with van der Waals surface area (Å²) < 4.78 is 0. The number of hydrogen-bond acceptors (Lipinski definition) is 6. The zero-order valence-corrected chi connectivity index (χ0v) is 17.9. The van der Waals surface area contributed by atoms with E-state index in [1.54, 1.807) is 13.0 Å². The number of halogens is 1. The molecule has 10 heteroatoms. The Kier molecular flexibility index (Phi) is 8.12. The van der Waals surface area contributed by atoms with E-state index in [-0.39, 0.29) is 23.6 Å². The van der Waals surface area contributed by atoms with Gasteiger partial charge in [-0.1, -0.05) is 23.4 Å². The fourth-order valence-corrected chi connectivity index (χ4v) is 3.79. The van der Waals surface area contributed by atoms with Crippen molar-refractivity contribution >= 4 is 41.0 Å². The monoisotopic (exact) mass is 415 g/mol. The van der Waals surface area contributed by atoms with Gasteiger partial charge in [-0.25, -0.2) is 9.97 Å². The van der Waals surface area contributed by atoms with Crippen molar-refractivity contribution in [2.75, 3.05) is 57.5 Å². The lowest BCUT2D eigenvalue weighted by molar-refractivity contribution is -0.856. The Morgan fingerprint density at radius 2 is 2.11 bits per heavy atom. The minimum absolute atomic E-state index is 0.0462. The molecule has 0 aliphatic carbocycles. The van der Waals surface area contributed by atoms with Crippen molar-refractivity contribution in [3.8, 4) is 0 Å². The van der Waals surface area contributed by atoms with E-state index in [1.165, 1.54) is 16.7 Å². The molecule has 0 unspecified atom stereocenters. The van der Waals surface area contributed by atoms with Gasteiger partial charge < -0.3 is 20.0 Å². The van der Waals surface area contributed by atoms with Crippen LogP contribution in [0.3, 0.4) is 0 Å². The lowest BCUT2D eigenvalue weighted by Crippen LogP contribution is -3.06. The Labute approximate surface area is 169 Å². The quantitative estimate of drug-likeness (QED) is 0.356. The molecule has 1 aromatic heterocycles. The van der Waals surface area contributed by atoms with Crippen molar-refractivity contribution < 1.29 is 14.5 Å². The summed E-state index contributed by atoms with van der Waals surface area (Å²) in [5, 5.41) is 3.71. The van der Waals surface area contributed by atoms with E-state index in [4.69, 9.17) is 11.6 Å². The molecule has 1 fully saturated rings. The molecule has 150 valence electrons. The highest BCUT2D eigenvalue weighted by atomic mass is 35.5. The van der Waals surface area contributed by atoms with E-state index in [2.05, 4.69) is 20.2 Å². The van der Waals surface area contributed by atoms with Gasteiger partial charge >= 0.3 is 0 Å². The fourth-order valence-electron chi connectivity index (χ4n) is 2.88. The fraction of sp³-hybridized carbons (Fsp3) is 0.647. The lowest BCUT2D eigenvalue weighted by atomic mass is 10.2. The molecule has 27 heavy (non-hydrogen) atoms. The number of thioether (sulfide) groups is 1. The molecular weight excluding hydrogens is 388 g/mol. The van der Waals surface area contributed by atoms with Gasteiger partial charge in [-0.05, 0) is 6.92 Å². The summed E-state index contributed by atoms with van der Waals surface area (Å²) in [5.74, 6) is 1.01. The number of nitrogens with zero attached hydrogens (tertiary/aromatic N) is 4. The summed E-state index contributed by atoms with van der Waals surface area (Å²) in [6, 6.07) is 1.83. The van der Waals surface area contributed by atoms with E-state index in [0.29, 0.717) is 36.5 Å². The largest absolute Gasteiger partial charge is 0.353 e. The van der Waals surface area contributed by atoms with Crippen molar-refractivity contribution in [1.29, 1.82) is 0 Å². The molecule has 1 aliphatic heterocycles. The summed E-state index contributed by atoms with van der Waals surface area (Å²) in [4.78, 5) is 37.6. The highest BCUT2D eigenvalue weighted by Crippen LogP contribution is 2.24. The summed E-state index contributed by atoms with van der Waals surface area (Å²) in [7, 11) is 4.08. The Bertz CT molecular complexity index is 675. The van der Waals surface area contributed by atoms with Gasteiger partial charge in [0.1, 0.15) is 11.0 Å². The zero-order valence-electron chi connectivity index (χ0n) is 16.3. The number of aromatic nitrogens is 2. The van der Waals surface area contributed by atoms with Crippen LogP contribution in [0.4, 0.5) is 5.82 Å². The van der Waals surface area contributed by atoms with Crippen molar-refractivity contribution in [2.45, 2.75) is 25.0 Å². The van der Waals surface area contributed by atoms with E-state index in [9.17, 15) is 9.59 Å². The van der Waals surface area contributed by atoms with Crippen LogP contribution in [-0.4, -0.2) is 85.3 Å². The third kappa shape index (κ3) is 6.82. The minimum Gasteiger partial charge on any atom is -0.353 e. The highest BCUT2D eigenvalue weighted by molar-refractivity contribution is 7.99. The maximum Gasteiger partial charge on any atom is 0.230 e. The van der Waals surface area contributed by atoms with Crippen LogP contribution in [0.1, 0.15) is 13.8 Å². The van der Waals surface area contributed by atoms with Crippen LogP contribution in [0.25, 0.3) is 0 Å². The van der Waals surface area contributed by atoms with Crippen LogP contribution in [-0.2, 0) is 9.59 Å². The molecule has 0 saturated carbocycles. The Morgan fingerprint density at radius 3 is 2.74 bits per heavy atom. The maximum atomic E-state index is 11.9. The average molecular weight is 416 g/mol. The number of anilines is 1. The van der Waals surface area contributed by atoms with Gasteiger partial charge in [-0.15, -0.1) is 0 Å². The third-order valence-corrected chi connectivity index (χ3v) is 5.34. The molecule has 2 amide bonds. The Morgan fingerprint density at radius 1 is 1.37 bits per heavy atom. The van der Waals surface area contributed by atoms with Gasteiger partial charge in [0.15, 0.2) is 5.16 Å². The number of hydrogen-bond donors (Lipinski definition) is 2. The number of nitrogens with one attached hydrogen (secondary N) is 2. The molecule has 1 atom stereocenters. The first-order valence-corrected chi connectivity index (χ1v) is 10.4. The third-order valence-electron chi connectivity index (χ3n) is 4.30. The van der Waals surface area contributed by atoms with Crippen molar-refractivity contribution in [3.63, 3.8) is 0 Å². The number of quaternary nitrogens is 1. The lowest BCUT2D eigenvalue weighted by Gasteiger charge is -2.40. The smallest absolute Gasteiger partial charge is 0.230 e. The maximum absolute atomic E-state index is 11.9. The highest BCUT2D eigenvalue weighted by Gasteiger charge is 2.26. The summed E-state index contributed by atoms with van der Waals surface area (Å²) in [6.45, 7) is 7.15. The van der Waals surface area contributed by atoms with Gasteiger partial charge in [-0.2, -0.15) is 0 Å². The van der Waals surface area contributed by atoms with Gasteiger partial charge in [0.25, 0.3) is 0 Å². The van der Waals surface area contributed by atoms with Gasteiger partial charge in [0.05, 0.1) is 32.9 Å². The van der Waals surface area contributed by atoms with E-state index < -0.39 is 0 Å². The molecule has 0 spiro atoms. The average Bonchev–Trinajstić information content (AvgIpc) is 2.58. The molecular formula is C17H28ClN6O2S+. The summed E-state index contributed by atoms with van der Waals surface area (Å²) in [6.07, 6.45) is 0. The molecule has 2 N–H and O–H groups in total. The normalized spacial score (nSPS) is 17.3. The summed E-state index contributed by atoms with van der Waals surface area (Å²) >= 11 is 7.43. The van der Waals surface area contributed by atoms with E-state index >= 15 is 0 Å². The van der Waals surface area contributed by atoms with Crippen LogP contribution in [0.2, 0.25) is 5.15 Å². The minimum atomic E-state index is -0.0462. The molecule has 1 aromatic rings. The number of amides is 2.